The van der Waals surface area contributed by atoms with E-state index in [1.54, 1.807) is 18.0 Å². The largest absolute Gasteiger partial charge is 0.395 e. The highest BCUT2D eigenvalue weighted by Crippen LogP contribution is 2.11. The maximum Gasteiger partial charge on any atom is 0.223 e. The third-order valence-electron chi connectivity index (χ3n) is 1.23. The molecule has 0 bridgehead atoms. The van der Waals surface area contributed by atoms with Crippen LogP contribution in [-0.2, 0) is 0 Å². The third kappa shape index (κ3) is 2.67. The molecule has 0 amide bonds. The quantitative estimate of drug-likeness (QED) is 0.531. The molecule has 1 aromatic heterocycles. The SMILES string of the molecule is CSc1ccnc(NCCO)n1. The number of nitrogens with one attached hydrogen (secondary N) is 1. The van der Waals surface area contributed by atoms with Crippen LogP contribution in [0.5, 0.6) is 0 Å². The maximum absolute atomic E-state index is 8.53. The molecule has 12 heavy (non-hydrogen) atoms. The van der Waals surface area contributed by atoms with Crippen LogP contribution >= 0.6 is 11.8 Å². The number of aliphatic hydroxyl groups excluding tert-OH is 1. The molecule has 0 aliphatic carbocycles. The van der Waals surface area contributed by atoms with Crippen molar-refractivity contribution in [1.82, 2.24) is 9.97 Å². The van der Waals surface area contributed by atoms with Gasteiger partial charge in [0.2, 0.25) is 5.95 Å². The van der Waals surface area contributed by atoms with Crippen molar-refractivity contribution in [1.29, 1.82) is 0 Å². The van der Waals surface area contributed by atoms with E-state index in [-0.39, 0.29) is 6.61 Å². The van der Waals surface area contributed by atoms with E-state index in [4.69, 9.17) is 5.11 Å². The first-order valence-electron chi connectivity index (χ1n) is 3.58. The number of rotatable bonds is 4. The van der Waals surface area contributed by atoms with E-state index in [1.165, 1.54) is 0 Å². The topological polar surface area (TPSA) is 58.0 Å². The summed E-state index contributed by atoms with van der Waals surface area (Å²) in [5.41, 5.74) is 0. The number of aromatic nitrogens is 2. The van der Waals surface area contributed by atoms with Gasteiger partial charge in [0.15, 0.2) is 0 Å². The molecule has 1 heterocycles. The maximum atomic E-state index is 8.53. The molecule has 1 rings (SSSR count). The Hall–Kier alpha value is -0.810. The predicted octanol–water partition coefficient (Wildman–Crippen LogP) is 0.603. The second-order valence-electron chi connectivity index (χ2n) is 2.07. The standard InChI is InChI=1S/C7H11N3OS/c1-12-6-2-3-8-7(10-6)9-4-5-11/h2-3,11H,4-5H2,1H3,(H,8,9,10). The highest BCUT2D eigenvalue weighted by atomic mass is 32.2. The van der Waals surface area contributed by atoms with Gasteiger partial charge in [0.05, 0.1) is 6.61 Å². The number of thioether (sulfide) groups is 1. The summed E-state index contributed by atoms with van der Waals surface area (Å²) in [6, 6.07) is 1.84. The van der Waals surface area contributed by atoms with Gasteiger partial charge in [-0.1, -0.05) is 0 Å². The molecule has 5 heteroatoms. The number of hydrogen-bond acceptors (Lipinski definition) is 5. The Kier molecular flexibility index (Phi) is 3.83. The Balaban J connectivity index is 2.60. The first-order valence-corrected chi connectivity index (χ1v) is 4.81. The molecular formula is C7H11N3OS. The summed E-state index contributed by atoms with van der Waals surface area (Å²) in [6.45, 7) is 0.574. The van der Waals surface area contributed by atoms with Crippen LogP contribution in [0.4, 0.5) is 5.95 Å². The van der Waals surface area contributed by atoms with Crippen LogP contribution < -0.4 is 5.32 Å². The second kappa shape index (κ2) is 4.95. The summed E-state index contributed by atoms with van der Waals surface area (Å²) in [4.78, 5) is 8.14. The second-order valence-corrected chi connectivity index (χ2v) is 2.90. The van der Waals surface area contributed by atoms with Gasteiger partial charge >= 0.3 is 0 Å². The van der Waals surface area contributed by atoms with E-state index in [0.717, 1.165) is 5.03 Å². The first-order chi connectivity index (χ1) is 5.86. The number of hydrogen-bond donors (Lipinski definition) is 2. The van der Waals surface area contributed by atoms with Crippen LogP contribution in [0, 0.1) is 0 Å². The third-order valence-corrected chi connectivity index (χ3v) is 1.88. The van der Waals surface area contributed by atoms with Crippen molar-refractivity contribution < 1.29 is 5.11 Å². The van der Waals surface area contributed by atoms with Crippen LogP contribution in [-0.4, -0.2) is 34.5 Å². The molecule has 0 aliphatic rings. The summed E-state index contributed by atoms with van der Waals surface area (Å²) >= 11 is 1.56. The van der Waals surface area contributed by atoms with E-state index in [0.29, 0.717) is 12.5 Å². The fraction of sp³-hybridized carbons (Fsp3) is 0.429. The number of aliphatic hydroxyl groups is 1. The van der Waals surface area contributed by atoms with Gasteiger partial charge in [-0.25, -0.2) is 9.97 Å². The van der Waals surface area contributed by atoms with Gasteiger partial charge in [0, 0.05) is 12.7 Å². The Labute approximate surface area is 75.4 Å². The average Bonchev–Trinajstić information content (AvgIpc) is 2.15. The lowest BCUT2D eigenvalue weighted by molar-refractivity contribution is 0.310. The molecule has 0 radical (unpaired) electrons. The van der Waals surface area contributed by atoms with Crippen molar-refractivity contribution >= 4 is 17.7 Å². The van der Waals surface area contributed by atoms with Gasteiger partial charge in [-0.3, -0.25) is 0 Å². The minimum absolute atomic E-state index is 0.0901. The van der Waals surface area contributed by atoms with Crippen LogP contribution in [0.1, 0.15) is 0 Å². The van der Waals surface area contributed by atoms with Crippen molar-refractivity contribution in [3.63, 3.8) is 0 Å². The van der Waals surface area contributed by atoms with Gasteiger partial charge < -0.3 is 10.4 Å². The molecule has 66 valence electrons. The van der Waals surface area contributed by atoms with E-state index >= 15 is 0 Å². The molecular weight excluding hydrogens is 174 g/mol. The van der Waals surface area contributed by atoms with Crippen molar-refractivity contribution in [2.45, 2.75) is 5.03 Å². The van der Waals surface area contributed by atoms with Gasteiger partial charge in [0.25, 0.3) is 0 Å². The van der Waals surface area contributed by atoms with Crippen LogP contribution in [0.3, 0.4) is 0 Å². The van der Waals surface area contributed by atoms with Crippen molar-refractivity contribution in [2.24, 2.45) is 0 Å². The molecule has 0 aliphatic heterocycles. The number of nitrogens with zero attached hydrogens (tertiary/aromatic N) is 2. The Morgan fingerprint density at radius 2 is 2.50 bits per heavy atom. The minimum Gasteiger partial charge on any atom is -0.395 e. The monoisotopic (exact) mass is 185 g/mol. The number of anilines is 1. The molecule has 0 aromatic carbocycles. The van der Waals surface area contributed by atoms with Gasteiger partial charge in [-0.05, 0) is 12.3 Å². The predicted molar refractivity (Wildman–Crippen MR) is 49.4 cm³/mol. The van der Waals surface area contributed by atoms with Crippen molar-refractivity contribution in [3.05, 3.63) is 12.3 Å². The zero-order valence-electron chi connectivity index (χ0n) is 6.82. The summed E-state index contributed by atoms with van der Waals surface area (Å²) in [5.74, 6) is 0.566. The minimum atomic E-state index is 0.0901. The highest BCUT2D eigenvalue weighted by Gasteiger charge is 1.95. The lowest BCUT2D eigenvalue weighted by Gasteiger charge is -2.02. The van der Waals surface area contributed by atoms with Gasteiger partial charge in [-0.2, -0.15) is 0 Å². The van der Waals surface area contributed by atoms with Crippen LogP contribution in [0.25, 0.3) is 0 Å². The highest BCUT2D eigenvalue weighted by molar-refractivity contribution is 7.98. The van der Waals surface area contributed by atoms with Crippen LogP contribution in [0.15, 0.2) is 17.3 Å². The van der Waals surface area contributed by atoms with Gasteiger partial charge in [-0.15, -0.1) is 11.8 Å². The molecule has 4 nitrogen and oxygen atoms in total. The van der Waals surface area contributed by atoms with Gasteiger partial charge in [0.1, 0.15) is 5.03 Å². The molecule has 0 saturated carbocycles. The zero-order valence-corrected chi connectivity index (χ0v) is 7.64. The van der Waals surface area contributed by atoms with Crippen molar-refractivity contribution in [3.8, 4) is 0 Å². The van der Waals surface area contributed by atoms with E-state index in [1.807, 2.05) is 12.3 Å². The molecule has 0 atom stereocenters. The Morgan fingerprint density at radius 1 is 1.67 bits per heavy atom. The fourth-order valence-electron chi connectivity index (χ4n) is 0.709. The molecule has 1 aromatic rings. The van der Waals surface area contributed by atoms with E-state index < -0.39 is 0 Å². The molecule has 0 unspecified atom stereocenters. The lowest BCUT2D eigenvalue weighted by Crippen LogP contribution is -2.08. The van der Waals surface area contributed by atoms with E-state index in [2.05, 4.69) is 15.3 Å². The zero-order chi connectivity index (χ0) is 8.81. The average molecular weight is 185 g/mol. The summed E-state index contributed by atoms with van der Waals surface area (Å²) in [7, 11) is 0. The first kappa shape index (κ1) is 9.28. The molecule has 0 fully saturated rings. The normalized spacial score (nSPS) is 9.83. The summed E-state index contributed by atoms with van der Waals surface area (Å²) < 4.78 is 0. The Bertz CT molecular complexity index is 244. The van der Waals surface area contributed by atoms with Crippen molar-refractivity contribution in [2.75, 3.05) is 24.7 Å². The smallest absolute Gasteiger partial charge is 0.223 e. The van der Waals surface area contributed by atoms with E-state index in [9.17, 15) is 0 Å². The lowest BCUT2D eigenvalue weighted by atomic mass is 10.6. The molecule has 0 saturated heterocycles. The molecule has 2 N–H and O–H groups in total. The summed E-state index contributed by atoms with van der Waals surface area (Å²) in [5, 5.41) is 12.3. The molecule has 0 spiro atoms. The Morgan fingerprint density at radius 3 is 3.17 bits per heavy atom. The van der Waals surface area contributed by atoms with Crippen LogP contribution in [0.2, 0.25) is 0 Å². The summed E-state index contributed by atoms with van der Waals surface area (Å²) in [6.07, 6.45) is 3.65. The fourth-order valence-corrected chi connectivity index (χ4v) is 1.08.